The third-order valence-corrected chi connectivity index (χ3v) is 6.34. The van der Waals surface area contributed by atoms with Crippen molar-refractivity contribution in [3.05, 3.63) is 87.4 Å². The first kappa shape index (κ1) is 25.4. The molecule has 7 nitrogen and oxygen atoms in total. The maximum atomic E-state index is 13.4. The average molecular weight is 528 g/mol. The minimum Gasteiger partial charge on any atom is -0.507 e. The van der Waals surface area contributed by atoms with Gasteiger partial charge in [-0.3, -0.25) is 14.5 Å². The van der Waals surface area contributed by atoms with E-state index in [9.17, 15) is 14.7 Å². The first-order chi connectivity index (χ1) is 17.3. The van der Waals surface area contributed by atoms with Gasteiger partial charge in [0, 0.05) is 16.3 Å². The van der Waals surface area contributed by atoms with Gasteiger partial charge in [-0.1, -0.05) is 29.3 Å². The van der Waals surface area contributed by atoms with E-state index in [1.807, 2.05) is 6.92 Å². The molecular weight excluding hydrogens is 505 g/mol. The van der Waals surface area contributed by atoms with Crippen molar-refractivity contribution in [2.75, 3.05) is 25.7 Å². The number of hydrogen-bond acceptors (Lipinski definition) is 6. The highest BCUT2D eigenvalue weighted by Gasteiger charge is 2.47. The molecule has 1 N–H and O–H groups in total. The number of carbonyl (C=O) groups is 2. The van der Waals surface area contributed by atoms with Gasteiger partial charge in [0.2, 0.25) is 0 Å². The number of methoxy groups -OCH3 is 2. The van der Waals surface area contributed by atoms with Crippen LogP contribution in [0.1, 0.15) is 24.1 Å². The van der Waals surface area contributed by atoms with Crippen LogP contribution in [0.4, 0.5) is 5.69 Å². The molecular formula is C27H23Cl2NO6. The van der Waals surface area contributed by atoms with E-state index in [-0.39, 0.29) is 16.9 Å². The minimum atomic E-state index is -0.960. The van der Waals surface area contributed by atoms with Crippen molar-refractivity contribution >= 4 is 46.3 Å². The quantitative estimate of drug-likeness (QED) is 0.229. The van der Waals surface area contributed by atoms with E-state index in [1.54, 1.807) is 54.6 Å². The predicted octanol–water partition coefficient (Wildman–Crippen LogP) is 6.04. The summed E-state index contributed by atoms with van der Waals surface area (Å²) in [5.74, 6) is -0.751. The average Bonchev–Trinajstić information content (AvgIpc) is 3.14. The fourth-order valence-electron chi connectivity index (χ4n) is 4.11. The summed E-state index contributed by atoms with van der Waals surface area (Å²) < 4.78 is 16.4. The lowest BCUT2D eigenvalue weighted by molar-refractivity contribution is -0.132. The number of benzene rings is 3. The van der Waals surface area contributed by atoms with Crippen molar-refractivity contribution in [1.29, 1.82) is 0 Å². The van der Waals surface area contributed by atoms with E-state index in [0.717, 1.165) is 0 Å². The lowest BCUT2D eigenvalue weighted by atomic mass is 9.94. The summed E-state index contributed by atoms with van der Waals surface area (Å²) in [6, 6.07) is 15.3. The Bertz CT molecular complexity index is 1350. The minimum absolute atomic E-state index is 0.0908. The molecule has 1 amide bonds. The molecule has 1 fully saturated rings. The van der Waals surface area contributed by atoms with Gasteiger partial charge in [0.1, 0.15) is 11.5 Å². The molecule has 0 aliphatic carbocycles. The van der Waals surface area contributed by atoms with Crippen molar-refractivity contribution in [2.45, 2.75) is 13.0 Å². The van der Waals surface area contributed by atoms with Gasteiger partial charge in [0.05, 0.1) is 37.5 Å². The van der Waals surface area contributed by atoms with Crippen LogP contribution in [0.25, 0.3) is 5.76 Å². The SMILES string of the molecule is CCOc1cc(C2/C(=C(/O)c3ccc(Cl)c(OC)c3)C(=O)C(=O)N2c2ccc(Cl)cc2)ccc1OC. The Kier molecular flexibility index (Phi) is 7.43. The molecule has 0 aromatic heterocycles. The molecule has 186 valence electrons. The molecule has 3 aromatic carbocycles. The monoisotopic (exact) mass is 527 g/mol. The zero-order valence-corrected chi connectivity index (χ0v) is 21.3. The molecule has 1 saturated heterocycles. The number of hydrogen-bond donors (Lipinski definition) is 1. The number of rotatable bonds is 7. The summed E-state index contributed by atoms with van der Waals surface area (Å²) in [6.45, 7) is 2.21. The number of Topliss-reactive ketones (excluding diaryl/α,β-unsaturated/α-hetero) is 1. The van der Waals surface area contributed by atoms with Gasteiger partial charge >= 0.3 is 0 Å². The van der Waals surface area contributed by atoms with E-state index >= 15 is 0 Å². The van der Waals surface area contributed by atoms with Crippen LogP contribution >= 0.6 is 23.2 Å². The Morgan fingerprint density at radius 3 is 2.25 bits per heavy atom. The second-order valence-corrected chi connectivity index (χ2v) is 8.68. The molecule has 1 aliphatic heterocycles. The van der Waals surface area contributed by atoms with E-state index < -0.39 is 17.7 Å². The highest BCUT2D eigenvalue weighted by atomic mass is 35.5. The molecule has 0 radical (unpaired) electrons. The van der Waals surface area contributed by atoms with E-state index in [1.165, 1.54) is 25.2 Å². The van der Waals surface area contributed by atoms with Gasteiger partial charge in [-0.25, -0.2) is 0 Å². The standard InChI is InChI=1S/C27H23Cl2NO6/c1-4-36-22-13-15(6-12-20(22)34-2)24-23(25(31)16-5-11-19(29)21(14-16)35-3)26(32)27(33)30(24)18-9-7-17(28)8-10-18/h5-14,24,31H,4H2,1-3H3/b25-23-. The second kappa shape index (κ2) is 10.5. The number of anilines is 1. The number of halogens is 2. The van der Waals surface area contributed by atoms with Crippen LogP contribution in [-0.2, 0) is 9.59 Å². The van der Waals surface area contributed by atoms with Crippen molar-refractivity contribution < 1.29 is 28.9 Å². The zero-order valence-electron chi connectivity index (χ0n) is 19.7. The smallest absolute Gasteiger partial charge is 0.300 e. The summed E-state index contributed by atoms with van der Waals surface area (Å²) in [4.78, 5) is 28.0. The fraction of sp³-hybridized carbons (Fsp3) is 0.185. The zero-order chi connectivity index (χ0) is 26.0. The van der Waals surface area contributed by atoms with Crippen LogP contribution < -0.4 is 19.1 Å². The second-order valence-electron chi connectivity index (χ2n) is 7.84. The largest absolute Gasteiger partial charge is 0.507 e. The number of nitrogens with zero attached hydrogens (tertiary/aromatic N) is 1. The molecule has 36 heavy (non-hydrogen) atoms. The molecule has 4 rings (SSSR count). The Balaban J connectivity index is 1.96. The van der Waals surface area contributed by atoms with Gasteiger partial charge in [-0.15, -0.1) is 0 Å². The number of aliphatic hydroxyl groups is 1. The number of ketones is 1. The number of amides is 1. The Labute approximate surface area is 218 Å². The third-order valence-electron chi connectivity index (χ3n) is 5.78. The van der Waals surface area contributed by atoms with Crippen LogP contribution in [0.15, 0.2) is 66.2 Å². The summed E-state index contributed by atoms with van der Waals surface area (Å²) in [5.41, 5.74) is 1.16. The molecule has 1 heterocycles. The molecule has 0 spiro atoms. The number of carbonyl (C=O) groups excluding carboxylic acids is 2. The van der Waals surface area contributed by atoms with Gasteiger partial charge < -0.3 is 19.3 Å². The summed E-state index contributed by atoms with van der Waals surface area (Å²) >= 11 is 12.2. The Morgan fingerprint density at radius 2 is 1.61 bits per heavy atom. The molecule has 1 aliphatic rings. The molecule has 1 atom stereocenters. The van der Waals surface area contributed by atoms with E-state index in [2.05, 4.69) is 0 Å². The fourth-order valence-corrected chi connectivity index (χ4v) is 4.43. The maximum absolute atomic E-state index is 13.4. The lowest BCUT2D eigenvalue weighted by Crippen LogP contribution is -2.29. The number of aliphatic hydroxyl groups excluding tert-OH is 1. The van der Waals surface area contributed by atoms with Gasteiger partial charge in [0.25, 0.3) is 11.7 Å². The van der Waals surface area contributed by atoms with E-state index in [0.29, 0.717) is 45.2 Å². The molecule has 1 unspecified atom stereocenters. The topological polar surface area (TPSA) is 85.3 Å². The number of ether oxygens (including phenoxy) is 3. The summed E-state index contributed by atoms with van der Waals surface area (Å²) in [6.07, 6.45) is 0. The predicted molar refractivity (Wildman–Crippen MR) is 138 cm³/mol. The molecule has 0 bridgehead atoms. The van der Waals surface area contributed by atoms with Crippen LogP contribution in [0.3, 0.4) is 0 Å². The van der Waals surface area contributed by atoms with Gasteiger partial charge in [0.15, 0.2) is 11.5 Å². The van der Waals surface area contributed by atoms with Crippen LogP contribution in [-0.4, -0.2) is 37.6 Å². The molecule has 9 heteroatoms. The molecule has 0 saturated carbocycles. The maximum Gasteiger partial charge on any atom is 0.300 e. The van der Waals surface area contributed by atoms with Crippen LogP contribution in [0.5, 0.6) is 17.2 Å². The van der Waals surface area contributed by atoms with Crippen molar-refractivity contribution in [3.8, 4) is 17.2 Å². The van der Waals surface area contributed by atoms with E-state index in [4.69, 9.17) is 37.4 Å². The van der Waals surface area contributed by atoms with Crippen LogP contribution in [0.2, 0.25) is 10.0 Å². The van der Waals surface area contributed by atoms with Crippen molar-refractivity contribution in [3.63, 3.8) is 0 Å². The lowest BCUT2D eigenvalue weighted by Gasteiger charge is -2.26. The normalized spacial score (nSPS) is 16.8. The third kappa shape index (κ3) is 4.59. The first-order valence-electron chi connectivity index (χ1n) is 11.0. The van der Waals surface area contributed by atoms with Gasteiger partial charge in [-0.05, 0) is 67.1 Å². The summed E-state index contributed by atoms with van der Waals surface area (Å²) in [7, 11) is 2.96. The van der Waals surface area contributed by atoms with Crippen LogP contribution in [0, 0.1) is 0 Å². The van der Waals surface area contributed by atoms with Crippen molar-refractivity contribution in [1.82, 2.24) is 0 Å². The summed E-state index contributed by atoms with van der Waals surface area (Å²) in [5, 5.41) is 12.1. The highest BCUT2D eigenvalue weighted by Crippen LogP contribution is 2.44. The first-order valence-corrected chi connectivity index (χ1v) is 11.8. The molecule has 3 aromatic rings. The van der Waals surface area contributed by atoms with Gasteiger partial charge in [-0.2, -0.15) is 0 Å². The van der Waals surface area contributed by atoms with Crippen molar-refractivity contribution in [2.24, 2.45) is 0 Å². The highest BCUT2D eigenvalue weighted by molar-refractivity contribution is 6.51. The Hall–Kier alpha value is -3.68. The Morgan fingerprint density at radius 1 is 0.917 bits per heavy atom.